The number of allylic oxidation sites excluding steroid dienone is 3. The van der Waals surface area contributed by atoms with Gasteiger partial charge in [-0.05, 0) is 252 Å². The second kappa shape index (κ2) is 34.3. The summed E-state index contributed by atoms with van der Waals surface area (Å²) in [4.78, 5) is 88.6. The van der Waals surface area contributed by atoms with Gasteiger partial charge in [0.1, 0.15) is 23.6 Å². The van der Waals surface area contributed by atoms with E-state index in [4.69, 9.17) is 18.9 Å². The molecular formula is C85H97F3N8O10. The largest absolute Gasteiger partial charge is 0.462 e. The highest BCUT2D eigenvalue weighted by molar-refractivity contribution is 5.80. The third-order valence-corrected chi connectivity index (χ3v) is 24.1. The lowest BCUT2D eigenvalue weighted by Crippen LogP contribution is -2.50. The van der Waals surface area contributed by atoms with Gasteiger partial charge in [0.05, 0.1) is 43.3 Å². The molecule has 9 fully saturated rings. The van der Waals surface area contributed by atoms with Gasteiger partial charge in [0, 0.05) is 91.3 Å². The molecule has 6 heterocycles. The summed E-state index contributed by atoms with van der Waals surface area (Å²) in [6.07, 6.45) is 30.0. The molecule has 0 radical (unpaired) electrons. The molecule has 106 heavy (non-hydrogen) atoms. The van der Waals surface area contributed by atoms with E-state index in [1.165, 1.54) is 36.4 Å². The zero-order valence-corrected chi connectivity index (χ0v) is 60.7. The number of aromatic nitrogens is 3. The summed E-state index contributed by atoms with van der Waals surface area (Å²) in [5, 5.41) is 12.2. The average molecular weight is 1450 g/mol. The van der Waals surface area contributed by atoms with E-state index >= 15 is 0 Å². The number of carbonyl (C=O) groups excluding carboxylic acids is 6. The zero-order valence-electron chi connectivity index (χ0n) is 60.7. The van der Waals surface area contributed by atoms with Crippen LogP contribution < -0.4 is 21.3 Å². The average Bonchev–Trinajstić information content (AvgIpc) is 1.55. The maximum atomic E-state index is 13.6. The lowest BCUT2D eigenvalue weighted by Gasteiger charge is -2.49. The first kappa shape index (κ1) is 74.6. The number of ether oxygens (including phenoxy) is 4. The number of alkyl carbamates (subject to hydrolysis) is 3. The van der Waals surface area contributed by atoms with Crippen LogP contribution in [-0.4, -0.2) is 119 Å². The topological polar surface area (TPSA) is 229 Å². The molecule has 5 amide bonds. The van der Waals surface area contributed by atoms with Crippen LogP contribution in [0.25, 0.3) is 51.6 Å². The van der Waals surface area contributed by atoms with Gasteiger partial charge in [-0.3, -0.25) is 29.3 Å². The molecule has 0 unspecified atom stereocenters. The number of amides is 5. The van der Waals surface area contributed by atoms with Gasteiger partial charge in [-0.2, -0.15) is 0 Å². The minimum absolute atomic E-state index is 0.0666. The Morgan fingerprint density at radius 2 is 0.887 bits per heavy atom. The van der Waals surface area contributed by atoms with Crippen LogP contribution in [0.5, 0.6) is 0 Å². The summed E-state index contributed by atoms with van der Waals surface area (Å²) in [7, 11) is 1.93. The number of rotatable bonds is 15. The van der Waals surface area contributed by atoms with Gasteiger partial charge in [0.25, 0.3) is 0 Å². The molecule has 18 atom stereocenters. The van der Waals surface area contributed by atoms with E-state index < -0.39 is 0 Å². The highest BCUT2D eigenvalue weighted by Gasteiger charge is 2.54. The first-order chi connectivity index (χ1) is 51.4. The number of hydrogen-bond acceptors (Lipinski definition) is 13. The van der Waals surface area contributed by atoms with Crippen molar-refractivity contribution in [1.82, 2.24) is 41.1 Å². The van der Waals surface area contributed by atoms with Gasteiger partial charge in [-0.25, -0.2) is 27.6 Å². The Labute approximate surface area is 618 Å². The van der Waals surface area contributed by atoms with Gasteiger partial charge in [0.15, 0.2) is 0 Å². The monoisotopic (exact) mass is 1450 g/mol. The molecule has 0 bridgehead atoms. The molecule has 3 aromatic carbocycles. The number of nitrogens with zero attached hydrogens (tertiary/aromatic N) is 4. The fraction of sp³-hybridized carbons (Fsp3) is 0.471. The molecule has 6 saturated carbocycles. The summed E-state index contributed by atoms with van der Waals surface area (Å²) in [6.45, 7) is 6.50. The summed E-state index contributed by atoms with van der Waals surface area (Å²) in [5.74, 6) is 3.67. The van der Waals surface area contributed by atoms with Crippen molar-refractivity contribution in [3.05, 3.63) is 181 Å². The molecular weight excluding hydrogens is 1350 g/mol. The maximum Gasteiger partial charge on any atom is 0.407 e. The first-order valence-electron chi connectivity index (χ1n) is 38.2. The van der Waals surface area contributed by atoms with Crippen molar-refractivity contribution in [3.8, 4) is 33.4 Å². The Morgan fingerprint density at radius 1 is 0.481 bits per heavy atom. The van der Waals surface area contributed by atoms with Gasteiger partial charge in [0.2, 0.25) is 11.8 Å². The smallest absolute Gasteiger partial charge is 0.407 e. The van der Waals surface area contributed by atoms with Crippen LogP contribution in [0.2, 0.25) is 0 Å². The second-order valence-electron chi connectivity index (χ2n) is 30.2. The molecule has 3 saturated heterocycles. The molecule has 9 aliphatic rings. The number of likely N-dealkylation sites (tertiary alicyclic amines) is 1. The molecule has 18 nitrogen and oxygen atoms in total. The number of carbonyl (C=O) groups is 6. The first-order valence-corrected chi connectivity index (χ1v) is 38.2. The van der Waals surface area contributed by atoms with E-state index in [9.17, 15) is 41.9 Å². The van der Waals surface area contributed by atoms with E-state index in [0.29, 0.717) is 86.4 Å². The van der Waals surface area contributed by atoms with Crippen molar-refractivity contribution >= 4 is 54.3 Å². The normalized spacial score (nSPS) is 29.8. The highest BCUT2D eigenvalue weighted by atomic mass is 19.1. The molecule has 6 aromatic rings. The lowest BCUT2D eigenvalue weighted by atomic mass is 9.59. The number of esters is 1. The van der Waals surface area contributed by atoms with Crippen molar-refractivity contribution in [3.63, 3.8) is 0 Å². The number of benzene rings is 3. The Kier molecular flexibility index (Phi) is 24.1. The van der Waals surface area contributed by atoms with E-state index in [1.807, 2.05) is 79.5 Å². The number of hydrogen-bond donors (Lipinski definition) is 4. The number of pyridine rings is 3. The summed E-state index contributed by atoms with van der Waals surface area (Å²) < 4.78 is 61.6. The zero-order chi connectivity index (χ0) is 74.0. The van der Waals surface area contributed by atoms with Crippen molar-refractivity contribution in [2.45, 2.75) is 153 Å². The van der Waals surface area contributed by atoms with Gasteiger partial charge in [-0.15, -0.1) is 0 Å². The fourth-order valence-electron chi connectivity index (χ4n) is 19.3. The molecule has 3 aromatic heterocycles. The summed E-state index contributed by atoms with van der Waals surface area (Å²) in [5.41, 5.74) is 7.53. The van der Waals surface area contributed by atoms with Crippen LogP contribution in [0, 0.1) is 88.5 Å². The molecule has 4 N–H and O–H groups in total. The molecule has 6 aliphatic carbocycles. The third kappa shape index (κ3) is 18.1. The molecule has 558 valence electrons. The van der Waals surface area contributed by atoms with Gasteiger partial charge >= 0.3 is 24.2 Å². The SMILES string of the molecule is CCOC(=O)N[C@@H]1CC[C@@H]2[C@@H](C1)C[C@@H]1NC(=O)C[C@@H]1[C@H]2/C=C/c1ccc(-c2cccc(F)c2)cn1.CCOC(=O)N[C@@H]1CC[C@@H]2[C@@H](C1)C[C@@H]1OC(=O)C[C@@H]1[C@H]2/C=C/c1ccc(-c2cccc(F)c2)cn1.CCOC(=O)N[C@@H]1CC[C@@H]2[C@@H](C1)C[C@H]1[C@H](CC(=O)N1C)[C@H]2/C=C/c1ccc(-c2cccc(F)c2)cn1. The molecule has 15 rings (SSSR count). The van der Waals surface area contributed by atoms with E-state index in [0.717, 1.165) is 128 Å². The highest BCUT2D eigenvalue weighted by Crippen LogP contribution is 2.54. The lowest BCUT2D eigenvalue weighted by molar-refractivity contribution is -0.143. The quantitative estimate of drug-likeness (QED) is 0.0555. The second-order valence-corrected chi connectivity index (χ2v) is 30.2. The van der Waals surface area contributed by atoms with E-state index in [-0.39, 0.29) is 113 Å². The minimum atomic E-state index is -0.360. The van der Waals surface area contributed by atoms with Crippen LogP contribution in [0.1, 0.15) is 134 Å². The summed E-state index contributed by atoms with van der Waals surface area (Å²) >= 11 is 0. The van der Waals surface area contributed by atoms with E-state index in [2.05, 4.69) is 66.6 Å². The predicted molar refractivity (Wildman–Crippen MR) is 397 cm³/mol. The molecule has 21 heteroatoms. The van der Waals surface area contributed by atoms with Crippen molar-refractivity contribution in [1.29, 1.82) is 0 Å². The summed E-state index contributed by atoms with van der Waals surface area (Å²) in [6, 6.07) is 32.0. The Hall–Kier alpha value is -9.66. The standard InChI is InChI=1S/C29H34FN3O3.C28H32FN3O3.C28H31FN2O4/c1-3-36-29(35)32-23-10-11-24-20(14-23)15-27-26(16-28(34)33(27)2)25(24)12-9-22-8-7-19(17-31-22)18-5-4-6-21(30)13-18;1-2-35-28(34)31-22-9-10-23-19(13-22)14-26-25(15-27(33)32-26)24(23)11-8-21-7-6-18(16-30-21)17-4-3-5-20(29)12-17;1-2-34-28(33)31-22-9-10-23-19(13-22)14-26-25(15-27(32)35-26)24(23)11-8-21-7-6-18(16-30-21)17-4-3-5-20(29)12-17/h4-9,12-13,17,20,23-27H,3,10-11,14-16H2,1-2H3,(H,32,35);3-8,11-12,16,19,22-26H,2,9-10,13-15H2,1H3,(H,31,34)(H,32,33);3-8,11-12,16,19,22-26H,2,9-10,13-15H2,1H3,(H,31,33)/b12-9+;2*11-8+/t20-,23+,24+,25-,26+,27-;2*19-,22+,23+,24-,25+,26-/m000/s1. The van der Waals surface area contributed by atoms with Crippen LogP contribution in [-0.2, 0) is 33.3 Å². The van der Waals surface area contributed by atoms with Crippen LogP contribution in [0.15, 0.2) is 146 Å². The van der Waals surface area contributed by atoms with Crippen molar-refractivity contribution < 1.29 is 60.9 Å². The van der Waals surface area contributed by atoms with Gasteiger partial charge in [-0.1, -0.05) is 72.8 Å². The van der Waals surface area contributed by atoms with Crippen LogP contribution in [0.3, 0.4) is 0 Å². The maximum absolute atomic E-state index is 13.6. The van der Waals surface area contributed by atoms with Crippen LogP contribution in [0.4, 0.5) is 27.6 Å². The number of fused-ring (bicyclic) bond motifs is 6. The Bertz CT molecular complexity index is 4000. The van der Waals surface area contributed by atoms with Gasteiger partial charge < -0.3 is 45.1 Å². The van der Waals surface area contributed by atoms with Crippen LogP contribution >= 0.6 is 0 Å². The van der Waals surface area contributed by atoms with E-state index in [1.54, 1.807) is 50.6 Å². The number of halogens is 3. The fourth-order valence-corrected chi connectivity index (χ4v) is 19.3. The van der Waals surface area contributed by atoms with Crippen molar-refractivity contribution in [2.24, 2.45) is 71.0 Å². The Morgan fingerprint density at radius 3 is 1.29 bits per heavy atom. The predicted octanol–water partition coefficient (Wildman–Crippen LogP) is 15.6. The minimum Gasteiger partial charge on any atom is -0.462 e. The third-order valence-electron chi connectivity index (χ3n) is 24.1. The van der Waals surface area contributed by atoms with Crippen molar-refractivity contribution in [2.75, 3.05) is 26.9 Å². The molecule has 3 aliphatic heterocycles. The number of nitrogens with one attached hydrogen (secondary N) is 4. The molecule has 0 spiro atoms. The Balaban J connectivity index is 0.000000141.